The second-order valence-electron chi connectivity index (χ2n) is 7.76. The van der Waals surface area contributed by atoms with Crippen LogP contribution in [0.5, 0.6) is 5.75 Å². The number of carboxylic acids is 1. The van der Waals surface area contributed by atoms with E-state index in [9.17, 15) is 27.9 Å². The van der Waals surface area contributed by atoms with Crippen molar-refractivity contribution in [2.75, 3.05) is 6.54 Å². The van der Waals surface area contributed by atoms with E-state index < -0.39 is 41.2 Å². The molecule has 1 aliphatic rings. The van der Waals surface area contributed by atoms with Gasteiger partial charge in [0.05, 0.1) is 5.57 Å². The quantitative estimate of drug-likeness (QED) is 0.671. The SMILES string of the molecule is CC(C)(CNC(=O)c1ccc(Cl)cc1)C1(C(F)(F)F)Oc2ccccc2C=C1C(=O)O. The van der Waals surface area contributed by atoms with Crippen molar-refractivity contribution in [2.45, 2.75) is 25.6 Å². The third-order valence-electron chi connectivity index (χ3n) is 5.24. The Morgan fingerprint density at radius 3 is 2.29 bits per heavy atom. The molecular weight excluding hydrogens is 435 g/mol. The van der Waals surface area contributed by atoms with Gasteiger partial charge >= 0.3 is 12.1 Å². The molecule has 0 radical (unpaired) electrons. The van der Waals surface area contributed by atoms with Gasteiger partial charge in [-0.25, -0.2) is 4.79 Å². The highest BCUT2D eigenvalue weighted by molar-refractivity contribution is 6.30. The van der Waals surface area contributed by atoms with E-state index in [0.29, 0.717) is 5.02 Å². The lowest BCUT2D eigenvalue weighted by Gasteiger charge is -2.49. The number of para-hydroxylation sites is 1. The summed E-state index contributed by atoms with van der Waals surface area (Å²) in [5.74, 6) is -2.48. The fourth-order valence-corrected chi connectivity index (χ4v) is 3.73. The van der Waals surface area contributed by atoms with Crippen LogP contribution in [0.4, 0.5) is 13.2 Å². The number of amides is 1. The van der Waals surface area contributed by atoms with E-state index in [2.05, 4.69) is 5.32 Å². The van der Waals surface area contributed by atoms with Crippen molar-refractivity contribution in [1.82, 2.24) is 5.32 Å². The molecule has 164 valence electrons. The van der Waals surface area contributed by atoms with Gasteiger partial charge in [-0.1, -0.05) is 43.6 Å². The molecule has 0 aromatic heterocycles. The second kappa shape index (κ2) is 7.92. The largest absolute Gasteiger partial charge is 0.478 e. The molecule has 0 spiro atoms. The van der Waals surface area contributed by atoms with Crippen molar-refractivity contribution in [3.8, 4) is 5.75 Å². The number of hydrogen-bond donors (Lipinski definition) is 2. The van der Waals surface area contributed by atoms with Crippen LogP contribution >= 0.6 is 11.6 Å². The van der Waals surface area contributed by atoms with Crippen molar-refractivity contribution in [3.05, 3.63) is 70.3 Å². The number of carbonyl (C=O) groups is 2. The molecule has 5 nitrogen and oxygen atoms in total. The molecule has 0 fully saturated rings. The maximum atomic E-state index is 14.5. The maximum Gasteiger partial charge on any atom is 0.433 e. The second-order valence-corrected chi connectivity index (χ2v) is 8.19. The standard InChI is InChI=1S/C22H19ClF3NO4/c1-20(2,12-27-18(28)13-7-9-15(23)10-8-13)21(22(24,25)26)16(19(29)30)11-14-5-3-4-6-17(14)31-21/h3-11H,12H2,1-2H3,(H,27,28)(H,29,30). The summed E-state index contributed by atoms with van der Waals surface area (Å²) < 4.78 is 49.0. The number of aliphatic carboxylic acids is 1. The first-order valence-electron chi connectivity index (χ1n) is 9.23. The highest BCUT2D eigenvalue weighted by Crippen LogP contribution is 2.54. The summed E-state index contributed by atoms with van der Waals surface area (Å²) in [6.45, 7) is 1.89. The molecule has 3 rings (SSSR count). The lowest BCUT2D eigenvalue weighted by molar-refractivity contribution is -0.268. The van der Waals surface area contributed by atoms with E-state index in [1.165, 1.54) is 56.3 Å². The monoisotopic (exact) mass is 453 g/mol. The minimum absolute atomic E-state index is 0.0954. The lowest BCUT2D eigenvalue weighted by atomic mass is 9.68. The average molecular weight is 454 g/mol. The van der Waals surface area contributed by atoms with Crippen molar-refractivity contribution in [1.29, 1.82) is 0 Å². The fraction of sp³-hybridized carbons (Fsp3) is 0.273. The Labute approximate surface area is 181 Å². The number of nitrogens with one attached hydrogen (secondary N) is 1. The van der Waals surface area contributed by atoms with Crippen LogP contribution in [-0.2, 0) is 4.79 Å². The minimum Gasteiger partial charge on any atom is -0.478 e. The van der Waals surface area contributed by atoms with E-state index in [1.54, 1.807) is 6.07 Å². The number of alkyl halides is 3. The number of halogens is 4. The number of benzene rings is 2. The third kappa shape index (κ3) is 3.99. The first-order valence-corrected chi connectivity index (χ1v) is 9.61. The fourth-order valence-electron chi connectivity index (χ4n) is 3.61. The molecule has 31 heavy (non-hydrogen) atoms. The number of carboxylic acid groups (broad SMARTS) is 1. The zero-order valence-corrected chi connectivity index (χ0v) is 17.3. The third-order valence-corrected chi connectivity index (χ3v) is 5.49. The van der Waals surface area contributed by atoms with Crippen molar-refractivity contribution in [2.24, 2.45) is 5.41 Å². The van der Waals surface area contributed by atoms with E-state index in [0.717, 1.165) is 6.08 Å². The van der Waals surface area contributed by atoms with Crippen LogP contribution in [0.3, 0.4) is 0 Å². The van der Waals surface area contributed by atoms with Gasteiger partial charge in [0.2, 0.25) is 5.60 Å². The van der Waals surface area contributed by atoms with Gasteiger partial charge in [-0.05, 0) is 36.4 Å². The van der Waals surface area contributed by atoms with Gasteiger partial charge in [-0.2, -0.15) is 13.2 Å². The first-order chi connectivity index (χ1) is 14.4. The molecule has 1 aliphatic heterocycles. The zero-order valence-electron chi connectivity index (χ0n) is 16.6. The van der Waals surface area contributed by atoms with Gasteiger partial charge in [0.1, 0.15) is 5.75 Å². The molecule has 0 aliphatic carbocycles. The van der Waals surface area contributed by atoms with Crippen LogP contribution < -0.4 is 10.1 Å². The Morgan fingerprint density at radius 1 is 1.10 bits per heavy atom. The zero-order chi connectivity index (χ0) is 23.0. The maximum absolute atomic E-state index is 14.5. The summed E-state index contributed by atoms with van der Waals surface area (Å²) in [5, 5.41) is 12.5. The molecule has 0 bridgehead atoms. The predicted octanol–water partition coefficient (Wildman–Crippen LogP) is 4.96. The summed E-state index contributed by atoms with van der Waals surface area (Å²) in [6, 6.07) is 11.7. The van der Waals surface area contributed by atoms with Gasteiger partial charge < -0.3 is 15.2 Å². The van der Waals surface area contributed by atoms with E-state index in [1.807, 2.05) is 0 Å². The highest BCUT2D eigenvalue weighted by Gasteiger charge is 2.70. The number of hydrogen-bond acceptors (Lipinski definition) is 3. The normalized spacial score (nSPS) is 18.5. The summed E-state index contributed by atoms with van der Waals surface area (Å²) in [5.41, 5.74) is -5.63. The molecule has 2 aromatic rings. The van der Waals surface area contributed by atoms with Crippen LogP contribution in [0.15, 0.2) is 54.1 Å². The number of rotatable bonds is 5. The van der Waals surface area contributed by atoms with Crippen molar-refractivity contribution in [3.63, 3.8) is 0 Å². The Balaban J connectivity index is 2.02. The average Bonchev–Trinajstić information content (AvgIpc) is 2.70. The Kier molecular flexibility index (Phi) is 5.80. The van der Waals surface area contributed by atoms with Crippen molar-refractivity contribution < 1.29 is 32.6 Å². The Morgan fingerprint density at radius 2 is 1.71 bits per heavy atom. The molecule has 1 amide bonds. The number of fused-ring (bicyclic) bond motifs is 1. The van der Waals surface area contributed by atoms with Gasteiger partial charge in [-0.3, -0.25) is 4.79 Å². The summed E-state index contributed by atoms with van der Waals surface area (Å²) >= 11 is 5.79. The van der Waals surface area contributed by atoms with Crippen LogP contribution in [0.1, 0.15) is 29.8 Å². The molecular formula is C22H19ClF3NO4. The molecule has 1 atom stereocenters. The van der Waals surface area contributed by atoms with Crippen LogP contribution in [0.25, 0.3) is 6.08 Å². The van der Waals surface area contributed by atoms with Gasteiger partial charge in [-0.15, -0.1) is 0 Å². The van der Waals surface area contributed by atoms with Gasteiger partial charge in [0, 0.05) is 28.1 Å². The molecule has 1 heterocycles. The Bertz CT molecular complexity index is 1050. The van der Waals surface area contributed by atoms with Crippen molar-refractivity contribution >= 4 is 29.6 Å². The Hall–Kier alpha value is -3.00. The number of ether oxygens (including phenoxy) is 1. The summed E-state index contributed by atoms with van der Waals surface area (Å²) in [4.78, 5) is 24.4. The molecule has 2 aromatic carbocycles. The smallest absolute Gasteiger partial charge is 0.433 e. The van der Waals surface area contributed by atoms with Gasteiger partial charge in [0.15, 0.2) is 0 Å². The van der Waals surface area contributed by atoms with Crippen LogP contribution in [0.2, 0.25) is 5.02 Å². The molecule has 0 saturated heterocycles. The van der Waals surface area contributed by atoms with E-state index >= 15 is 0 Å². The summed E-state index contributed by atoms with van der Waals surface area (Å²) in [7, 11) is 0. The van der Waals surface area contributed by atoms with E-state index in [4.69, 9.17) is 16.3 Å². The van der Waals surface area contributed by atoms with Crippen LogP contribution in [-0.4, -0.2) is 35.3 Å². The lowest BCUT2D eigenvalue weighted by Crippen LogP contribution is -2.66. The molecule has 1 unspecified atom stereocenters. The molecule has 0 saturated carbocycles. The van der Waals surface area contributed by atoms with Crippen LogP contribution in [0, 0.1) is 5.41 Å². The molecule has 9 heteroatoms. The highest BCUT2D eigenvalue weighted by atomic mass is 35.5. The predicted molar refractivity (Wildman–Crippen MR) is 109 cm³/mol. The molecule has 2 N–H and O–H groups in total. The van der Waals surface area contributed by atoms with Gasteiger partial charge in [0.25, 0.3) is 5.91 Å². The summed E-state index contributed by atoms with van der Waals surface area (Å²) in [6.07, 6.45) is -4.13. The van der Waals surface area contributed by atoms with E-state index in [-0.39, 0.29) is 16.9 Å². The topological polar surface area (TPSA) is 75.6 Å². The first kappa shape index (κ1) is 22.7. The minimum atomic E-state index is -5.10. The number of carbonyl (C=O) groups excluding carboxylic acids is 1.